The Kier molecular flexibility index (Phi) is 7.33. The predicted octanol–water partition coefficient (Wildman–Crippen LogP) is 1.84. The van der Waals surface area contributed by atoms with Crippen LogP contribution in [-0.4, -0.2) is 55.3 Å². The Hall–Kier alpha value is -0.430. The lowest BCUT2D eigenvalue weighted by Crippen LogP contribution is -2.51. The normalized spacial score (nSPS) is 21.4. The molecule has 0 radical (unpaired) electrons. The molecule has 1 atom stereocenters. The Balaban J connectivity index is 2.75. The van der Waals surface area contributed by atoms with E-state index in [2.05, 4.69) is 25.7 Å². The summed E-state index contributed by atoms with van der Waals surface area (Å²) in [6.45, 7) is 14.2. The van der Waals surface area contributed by atoms with Gasteiger partial charge in [-0.25, -0.2) is 0 Å². The van der Waals surface area contributed by atoms with Gasteiger partial charge in [0.1, 0.15) is 0 Å². The average Bonchev–Trinajstić information content (AvgIpc) is 2.42. The van der Waals surface area contributed by atoms with Crippen molar-refractivity contribution in [3.05, 3.63) is 12.7 Å². The van der Waals surface area contributed by atoms with E-state index >= 15 is 0 Å². The summed E-state index contributed by atoms with van der Waals surface area (Å²) < 4.78 is 28.7. The Morgan fingerprint density at radius 3 is 2.57 bits per heavy atom. The fourth-order valence-electron chi connectivity index (χ4n) is 2.65. The molecule has 1 N–H and O–H groups in total. The maximum atomic E-state index is 12.8. The molecular weight excluding hydrogens is 286 g/mol. The zero-order valence-corrected chi connectivity index (χ0v) is 14.7. The number of hydrogen-bond donors (Lipinski definition) is 1. The largest absolute Gasteiger partial charge is 0.314 e. The van der Waals surface area contributed by atoms with E-state index in [-0.39, 0.29) is 6.04 Å². The van der Waals surface area contributed by atoms with Crippen LogP contribution in [0.2, 0.25) is 0 Å². The first-order valence-electron chi connectivity index (χ1n) is 7.90. The van der Waals surface area contributed by atoms with Crippen LogP contribution in [0.5, 0.6) is 0 Å². The molecule has 0 aromatic carbocycles. The minimum absolute atomic E-state index is 0.0536. The molecule has 1 rings (SSSR count). The molecule has 0 aromatic rings. The van der Waals surface area contributed by atoms with Gasteiger partial charge in [-0.15, -0.1) is 6.58 Å². The first-order chi connectivity index (χ1) is 9.78. The van der Waals surface area contributed by atoms with Crippen LogP contribution >= 0.6 is 0 Å². The van der Waals surface area contributed by atoms with Gasteiger partial charge in [0.2, 0.25) is 0 Å². The molecule has 0 aromatic heterocycles. The quantitative estimate of drug-likeness (QED) is 0.695. The lowest BCUT2D eigenvalue weighted by molar-refractivity contribution is 0.235. The topological polar surface area (TPSA) is 52.7 Å². The highest BCUT2D eigenvalue weighted by Crippen LogP contribution is 2.22. The summed E-state index contributed by atoms with van der Waals surface area (Å²) in [4.78, 5) is 0. The minimum Gasteiger partial charge on any atom is -0.314 e. The molecule has 5 nitrogen and oxygen atoms in total. The van der Waals surface area contributed by atoms with E-state index in [1.54, 1.807) is 10.4 Å². The fourth-order valence-corrected chi connectivity index (χ4v) is 4.53. The second-order valence-electron chi connectivity index (χ2n) is 6.39. The molecule has 0 amide bonds. The summed E-state index contributed by atoms with van der Waals surface area (Å²) >= 11 is 0. The van der Waals surface area contributed by atoms with Crippen LogP contribution in [0.1, 0.15) is 40.5 Å². The van der Waals surface area contributed by atoms with Gasteiger partial charge >= 0.3 is 0 Å². The van der Waals surface area contributed by atoms with Gasteiger partial charge in [-0.05, 0) is 39.2 Å². The Bertz CT molecular complexity index is 421. The standard InChI is InChI=1S/C15H31N3O2S/c1-6-9-18(14(4)5)21(19,20)17-10-7-8-15(12-17)11-16-13(2)3/h6,13-16H,1,7-12H2,2-5H3. The van der Waals surface area contributed by atoms with Crippen LogP contribution in [0.25, 0.3) is 0 Å². The highest BCUT2D eigenvalue weighted by molar-refractivity contribution is 7.86. The highest BCUT2D eigenvalue weighted by Gasteiger charge is 2.34. The van der Waals surface area contributed by atoms with E-state index in [0.717, 1.165) is 19.4 Å². The van der Waals surface area contributed by atoms with Crippen molar-refractivity contribution >= 4 is 10.2 Å². The Morgan fingerprint density at radius 2 is 2.05 bits per heavy atom. The minimum atomic E-state index is -3.39. The summed E-state index contributed by atoms with van der Waals surface area (Å²) in [6, 6.07) is 0.382. The maximum Gasteiger partial charge on any atom is 0.282 e. The van der Waals surface area contributed by atoms with Gasteiger partial charge in [-0.1, -0.05) is 19.9 Å². The molecule has 1 heterocycles. The van der Waals surface area contributed by atoms with E-state index in [4.69, 9.17) is 0 Å². The van der Waals surface area contributed by atoms with Crippen molar-refractivity contribution in [3.8, 4) is 0 Å². The van der Waals surface area contributed by atoms with Crippen LogP contribution in [0.4, 0.5) is 0 Å². The monoisotopic (exact) mass is 317 g/mol. The second-order valence-corrected chi connectivity index (χ2v) is 8.27. The molecule has 0 saturated carbocycles. The molecule has 1 aliphatic rings. The molecule has 1 saturated heterocycles. The van der Waals surface area contributed by atoms with Crippen molar-refractivity contribution in [1.29, 1.82) is 0 Å². The van der Waals surface area contributed by atoms with E-state index < -0.39 is 10.2 Å². The molecular formula is C15H31N3O2S. The first kappa shape index (κ1) is 18.6. The van der Waals surface area contributed by atoms with Crippen LogP contribution in [0.15, 0.2) is 12.7 Å². The molecule has 0 spiro atoms. The van der Waals surface area contributed by atoms with Crippen LogP contribution in [-0.2, 0) is 10.2 Å². The van der Waals surface area contributed by atoms with Crippen LogP contribution < -0.4 is 5.32 Å². The van der Waals surface area contributed by atoms with Crippen LogP contribution in [0, 0.1) is 5.92 Å². The number of hydrogen-bond acceptors (Lipinski definition) is 3. The van der Waals surface area contributed by atoms with E-state index in [9.17, 15) is 8.42 Å². The van der Waals surface area contributed by atoms with Gasteiger partial charge in [-0.2, -0.15) is 17.0 Å². The molecule has 21 heavy (non-hydrogen) atoms. The molecule has 1 aliphatic heterocycles. The number of rotatable bonds is 8. The van der Waals surface area contributed by atoms with Gasteiger partial charge in [-0.3, -0.25) is 0 Å². The maximum absolute atomic E-state index is 12.8. The summed E-state index contributed by atoms with van der Waals surface area (Å²) in [6.07, 6.45) is 3.68. The summed E-state index contributed by atoms with van der Waals surface area (Å²) in [5.41, 5.74) is 0. The van der Waals surface area contributed by atoms with Crippen molar-refractivity contribution in [2.45, 2.75) is 52.6 Å². The van der Waals surface area contributed by atoms with E-state index in [1.807, 2.05) is 13.8 Å². The molecule has 6 heteroatoms. The van der Waals surface area contributed by atoms with Gasteiger partial charge in [0.05, 0.1) is 0 Å². The van der Waals surface area contributed by atoms with Crippen molar-refractivity contribution in [2.75, 3.05) is 26.2 Å². The fraction of sp³-hybridized carbons (Fsp3) is 0.867. The number of nitrogens with one attached hydrogen (secondary N) is 1. The van der Waals surface area contributed by atoms with Gasteiger partial charge in [0.25, 0.3) is 10.2 Å². The van der Waals surface area contributed by atoms with Crippen molar-refractivity contribution in [3.63, 3.8) is 0 Å². The summed E-state index contributed by atoms with van der Waals surface area (Å²) in [7, 11) is -3.39. The molecule has 0 bridgehead atoms. The summed E-state index contributed by atoms with van der Waals surface area (Å²) in [5.74, 6) is 0.397. The third-order valence-electron chi connectivity index (χ3n) is 3.80. The molecule has 124 valence electrons. The average molecular weight is 317 g/mol. The molecule has 1 unspecified atom stereocenters. The second kappa shape index (κ2) is 8.27. The van der Waals surface area contributed by atoms with E-state index in [1.165, 1.54) is 4.31 Å². The zero-order valence-electron chi connectivity index (χ0n) is 13.9. The Morgan fingerprint density at radius 1 is 1.38 bits per heavy atom. The third-order valence-corrected chi connectivity index (χ3v) is 5.95. The van der Waals surface area contributed by atoms with Crippen LogP contribution in [0.3, 0.4) is 0 Å². The van der Waals surface area contributed by atoms with Crippen molar-refractivity contribution < 1.29 is 8.42 Å². The van der Waals surface area contributed by atoms with Crippen molar-refractivity contribution in [1.82, 2.24) is 13.9 Å². The molecule has 0 aliphatic carbocycles. The molecule has 1 fully saturated rings. The lowest BCUT2D eigenvalue weighted by atomic mass is 9.99. The number of nitrogens with zero attached hydrogens (tertiary/aromatic N) is 2. The SMILES string of the molecule is C=CCN(C(C)C)S(=O)(=O)N1CCCC(CNC(C)C)C1. The zero-order chi connectivity index (χ0) is 16.0. The number of piperidine rings is 1. The third kappa shape index (κ3) is 5.36. The first-order valence-corrected chi connectivity index (χ1v) is 9.30. The smallest absolute Gasteiger partial charge is 0.282 e. The van der Waals surface area contributed by atoms with Gasteiger partial charge in [0, 0.05) is 31.7 Å². The predicted molar refractivity (Wildman–Crippen MR) is 88.4 cm³/mol. The van der Waals surface area contributed by atoms with Gasteiger partial charge < -0.3 is 5.32 Å². The lowest BCUT2D eigenvalue weighted by Gasteiger charge is -2.37. The van der Waals surface area contributed by atoms with Crippen molar-refractivity contribution in [2.24, 2.45) is 5.92 Å². The highest BCUT2D eigenvalue weighted by atomic mass is 32.2. The van der Waals surface area contributed by atoms with E-state index in [0.29, 0.717) is 31.6 Å². The Labute approximate surface area is 130 Å². The van der Waals surface area contributed by atoms with Gasteiger partial charge in [0.15, 0.2) is 0 Å². The summed E-state index contributed by atoms with van der Waals surface area (Å²) in [5, 5.41) is 3.41.